The fraction of sp³-hybridized carbons (Fsp3) is 0.933. The van der Waals surface area contributed by atoms with Gasteiger partial charge in [-0.2, -0.15) is 0 Å². The first-order valence-corrected chi connectivity index (χ1v) is 7.40. The maximum absolute atomic E-state index is 12.4. The molecule has 1 saturated heterocycles. The normalized spacial score (nSPS) is 22.1. The number of ether oxygens (including phenoxy) is 1. The van der Waals surface area contributed by atoms with Crippen molar-refractivity contribution >= 4 is 5.91 Å². The second-order valence-corrected chi connectivity index (χ2v) is 6.90. The summed E-state index contributed by atoms with van der Waals surface area (Å²) in [7, 11) is 1.87. The number of nitrogens with zero attached hydrogens (tertiary/aromatic N) is 1. The van der Waals surface area contributed by atoms with Crippen molar-refractivity contribution < 1.29 is 9.53 Å². The summed E-state index contributed by atoms with van der Waals surface area (Å²) in [5.74, 6) is 0.0835. The minimum Gasteiger partial charge on any atom is -0.376 e. The monoisotopic (exact) mass is 270 g/mol. The molecule has 2 atom stereocenters. The molecule has 0 aromatic rings. The first-order valence-electron chi connectivity index (χ1n) is 7.40. The molecule has 0 aromatic carbocycles. The van der Waals surface area contributed by atoms with Crippen molar-refractivity contribution in [2.24, 2.45) is 17.1 Å². The molecule has 4 nitrogen and oxygen atoms in total. The number of nitrogens with two attached hydrogens (primary N) is 1. The Morgan fingerprint density at radius 2 is 2.11 bits per heavy atom. The van der Waals surface area contributed by atoms with E-state index in [1.807, 2.05) is 7.05 Å². The summed E-state index contributed by atoms with van der Waals surface area (Å²) in [5, 5.41) is 0. The third kappa shape index (κ3) is 5.91. The van der Waals surface area contributed by atoms with Gasteiger partial charge in [0.05, 0.1) is 12.0 Å². The lowest BCUT2D eigenvalue weighted by Crippen LogP contribution is -2.43. The molecule has 0 spiro atoms. The zero-order valence-corrected chi connectivity index (χ0v) is 12.9. The van der Waals surface area contributed by atoms with Gasteiger partial charge in [0.2, 0.25) is 5.91 Å². The Hall–Kier alpha value is -0.610. The van der Waals surface area contributed by atoms with Crippen molar-refractivity contribution in [3.8, 4) is 0 Å². The third-order valence-electron chi connectivity index (χ3n) is 3.62. The molecular formula is C15H30N2O2. The van der Waals surface area contributed by atoms with E-state index in [2.05, 4.69) is 20.8 Å². The average molecular weight is 270 g/mol. The topological polar surface area (TPSA) is 55.6 Å². The zero-order chi connectivity index (χ0) is 14.5. The molecule has 1 aliphatic rings. The van der Waals surface area contributed by atoms with Gasteiger partial charge in [0.15, 0.2) is 0 Å². The molecule has 0 bridgehead atoms. The first-order chi connectivity index (χ1) is 8.83. The summed E-state index contributed by atoms with van der Waals surface area (Å²) >= 11 is 0. The van der Waals surface area contributed by atoms with E-state index in [1.54, 1.807) is 4.90 Å². The van der Waals surface area contributed by atoms with Gasteiger partial charge < -0.3 is 15.4 Å². The summed E-state index contributed by atoms with van der Waals surface area (Å²) in [6.07, 6.45) is 4.44. The van der Waals surface area contributed by atoms with Crippen LogP contribution in [-0.4, -0.2) is 43.7 Å². The molecule has 1 fully saturated rings. The van der Waals surface area contributed by atoms with Gasteiger partial charge in [-0.1, -0.05) is 20.8 Å². The van der Waals surface area contributed by atoms with Gasteiger partial charge in [0.25, 0.3) is 0 Å². The van der Waals surface area contributed by atoms with Crippen LogP contribution in [0.2, 0.25) is 0 Å². The van der Waals surface area contributed by atoms with Crippen LogP contribution in [0.5, 0.6) is 0 Å². The molecule has 0 aromatic heterocycles. The first kappa shape index (κ1) is 16.4. The van der Waals surface area contributed by atoms with E-state index < -0.39 is 0 Å². The van der Waals surface area contributed by atoms with Crippen LogP contribution in [0, 0.1) is 11.3 Å². The Balaban J connectivity index is 2.48. The van der Waals surface area contributed by atoms with E-state index in [0.717, 1.165) is 25.9 Å². The molecule has 0 aliphatic carbocycles. The Bertz CT molecular complexity index is 280. The number of carbonyl (C=O) groups is 1. The van der Waals surface area contributed by atoms with E-state index in [9.17, 15) is 4.79 Å². The maximum atomic E-state index is 12.4. The van der Waals surface area contributed by atoms with Gasteiger partial charge in [-0.25, -0.2) is 0 Å². The summed E-state index contributed by atoms with van der Waals surface area (Å²) in [4.78, 5) is 14.2. The van der Waals surface area contributed by atoms with Crippen molar-refractivity contribution in [1.29, 1.82) is 0 Å². The van der Waals surface area contributed by atoms with Crippen LogP contribution in [0.25, 0.3) is 0 Å². The Morgan fingerprint density at radius 3 is 2.58 bits per heavy atom. The molecule has 1 amide bonds. The molecule has 19 heavy (non-hydrogen) atoms. The quantitative estimate of drug-likeness (QED) is 0.831. The van der Waals surface area contributed by atoms with Gasteiger partial charge in [-0.05, 0) is 31.1 Å². The van der Waals surface area contributed by atoms with E-state index in [0.29, 0.717) is 13.1 Å². The van der Waals surface area contributed by atoms with Crippen LogP contribution in [-0.2, 0) is 9.53 Å². The van der Waals surface area contributed by atoms with Gasteiger partial charge >= 0.3 is 0 Å². The second kappa shape index (κ2) is 7.25. The van der Waals surface area contributed by atoms with Gasteiger partial charge in [-0.15, -0.1) is 0 Å². The van der Waals surface area contributed by atoms with Crippen molar-refractivity contribution in [2.45, 2.75) is 52.6 Å². The van der Waals surface area contributed by atoms with E-state index in [1.165, 1.54) is 6.42 Å². The molecule has 1 heterocycles. The van der Waals surface area contributed by atoms with Crippen molar-refractivity contribution in [3.63, 3.8) is 0 Å². The Morgan fingerprint density at radius 1 is 1.42 bits per heavy atom. The minimum atomic E-state index is -0.0754. The number of carbonyl (C=O) groups excluding carboxylic acids is 1. The number of amides is 1. The molecule has 1 aliphatic heterocycles. The molecule has 2 unspecified atom stereocenters. The highest BCUT2D eigenvalue weighted by molar-refractivity contribution is 5.78. The fourth-order valence-corrected chi connectivity index (χ4v) is 2.67. The highest BCUT2D eigenvalue weighted by Crippen LogP contribution is 2.25. The fourth-order valence-electron chi connectivity index (χ4n) is 2.67. The predicted molar refractivity (Wildman–Crippen MR) is 77.8 cm³/mol. The van der Waals surface area contributed by atoms with Crippen molar-refractivity contribution in [3.05, 3.63) is 0 Å². The maximum Gasteiger partial charge on any atom is 0.226 e. The smallest absolute Gasteiger partial charge is 0.226 e. The highest BCUT2D eigenvalue weighted by atomic mass is 16.5. The number of hydrogen-bond acceptors (Lipinski definition) is 3. The van der Waals surface area contributed by atoms with Gasteiger partial charge in [0, 0.05) is 26.7 Å². The third-order valence-corrected chi connectivity index (χ3v) is 3.62. The number of rotatable bonds is 5. The molecule has 2 N–H and O–H groups in total. The van der Waals surface area contributed by atoms with Crippen LogP contribution < -0.4 is 5.73 Å². The molecule has 0 radical (unpaired) electrons. The highest BCUT2D eigenvalue weighted by Gasteiger charge is 2.27. The van der Waals surface area contributed by atoms with Crippen LogP contribution in [0.15, 0.2) is 0 Å². The van der Waals surface area contributed by atoms with E-state index >= 15 is 0 Å². The lowest BCUT2D eigenvalue weighted by Gasteiger charge is -2.31. The zero-order valence-electron chi connectivity index (χ0n) is 12.9. The van der Waals surface area contributed by atoms with Gasteiger partial charge in [-0.3, -0.25) is 4.79 Å². The summed E-state index contributed by atoms with van der Waals surface area (Å²) in [5.41, 5.74) is 5.90. The predicted octanol–water partition coefficient (Wildman–Crippen LogP) is 2.02. The summed E-state index contributed by atoms with van der Waals surface area (Å²) < 4.78 is 5.69. The SMILES string of the molecule is CN(CC1CCCCO1)C(=O)C(CN)CC(C)(C)C. The average Bonchev–Trinajstić information content (AvgIpc) is 2.35. The van der Waals surface area contributed by atoms with E-state index in [4.69, 9.17) is 10.5 Å². The van der Waals surface area contributed by atoms with Crippen molar-refractivity contribution in [1.82, 2.24) is 4.90 Å². The lowest BCUT2D eigenvalue weighted by molar-refractivity contribution is -0.137. The second-order valence-electron chi connectivity index (χ2n) is 6.90. The molecule has 1 rings (SSSR count). The summed E-state index contributed by atoms with van der Waals surface area (Å²) in [6.45, 7) is 8.38. The summed E-state index contributed by atoms with van der Waals surface area (Å²) in [6, 6.07) is 0. The number of likely N-dealkylation sites (N-methyl/N-ethyl adjacent to an activating group) is 1. The molecule has 112 valence electrons. The lowest BCUT2D eigenvalue weighted by atomic mass is 9.84. The standard InChI is InChI=1S/C15H30N2O2/c1-15(2,3)9-12(10-16)14(18)17(4)11-13-7-5-6-8-19-13/h12-13H,5-11,16H2,1-4H3. The van der Waals surface area contributed by atoms with Crippen LogP contribution >= 0.6 is 0 Å². The number of hydrogen-bond donors (Lipinski definition) is 1. The van der Waals surface area contributed by atoms with E-state index in [-0.39, 0.29) is 23.3 Å². The Labute approximate surface area is 117 Å². The largest absolute Gasteiger partial charge is 0.376 e. The van der Waals surface area contributed by atoms with Crippen LogP contribution in [0.4, 0.5) is 0 Å². The van der Waals surface area contributed by atoms with Crippen LogP contribution in [0.3, 0.4) is 0 Å². The minimum absolute atomic E-state index is 0.0754. The Kier molecular flexibility index (Phi) is 6.27. The van der Waals surface area contributed by atoms with Crippen LogP contribution in [0.1, 0.15) is 46.5 Å². The molecule has 4 heteroatoms. The van der Waals surface area contributed by atoms with Crippen molar-refractivity contribution in [2.75, 3.05) is 26.7 Å². The van der Waals surface area contributed by atoms with Gasteiger partial charge in [0.1, 0.15) is 0 Å². The molecule has 0 saturated carbocycles. The molecular weight excluding hydrogens is 240 g/mol.